The Morgan fingerprint density at radius 1 is 1.26 bits per heavy atom. The van der Waals surface area contributed by atoms with Gasteiger partial charge in [-0.15, -0.1) is 6.58 Å². The standard InChI is InChI=1S/C29H39N7O3/c1-4-8-20-18-36(22-10-5-6-11-22)26-24(35(2)28(20)38)17-31-29(34-26)33-23-13-12-19(15-25(23)39-3)27(37)32-21-9-7-14-30-16-21/h4,12-13,15,17,20-22,30H,1,5-11,14,16,18H2,2-3H3,(H,32,37)(H,31,33,34)/t20-,21-/m0/s1. The quantitative estimate of drug-likeness (QED) is 0.441. The van der Waals surface area contributed by atoms with Crippen molar-refractivity contribution in [2.24, 2.45) is 5.92 Å². The zero-order valence-electron chi connectivity index (χ0n) is 22.9. The number of fused-ring (bicyclic) bond motifs is 1. The van der Waals surface area contributed by atoms with Gasteiger partial charge in [-0.05, 0) is 56.8 Å². The largest absolute Gasteiger partial charge is 0.495 e. The minimum atomic E-state index is -0.179. The van der Waals surface area contributed by atoms with Gasteiger partial charge in [0.2, 0.25) is 11.9 Å². The Kier molecular flexibility index (Phi) is 8.30. The molecule has 2 fully saturated rings. The molecule has 2 amide bonds. The summed E-state index contributed by atoms with van der Waals surface area (Å²) in [5.74, 6) is 1.45. The van der Waals surface area contributed by atoms with Gasteiger partial charge >= 0.3 is 0 Å². The maximum Gasteiger partial charge on any atom is 0.251 e. The second-order valence-electron chi connectivity index (χ2n) is 10.7. The Bertz CT molecular complexity index is 1210. The van der Waals surface area contributed by atoms with E-state index < -0.39 is 0 Å². The summed E-state index contributed by atoms with van der Waals surface area (Å²) >= 11 is 0. The van der Waals surface area contributed by atoms with Crippen LogP contribution in [0.3, 0.4) is 0 Å². The zero-order valence-corrected chi connectivity index (χ0v) is 22.9. The predicted octanol–water partition coefficient (Wildman–Crippen LogP) is 3.63. The van der Waals surface area contributed by atoms with Gasteiger partial charge in [0.15, 0.2) is 5.82 Å². The van der Waals surface area contributed by atoms with Crippen molar-refractivity contribution >= 4 is 35.0 Å². The lowest BCUT2D eigenvalue weighted by Crippen LogP contribution is -2.45. The number of benzene rings is 1. The van der Waals surface area contributed by atoms with E-state index in [9.17, 15) is 9.59 Å². The minimum absolute atomic E-state index is 0.0560. The van der Waals surface area contributed by atoms with Crippen LogP contribution in [0.25, 0.3) is 0 Å². The number of aromatic nitrogens is 2. The van der Waals surface area contributed by atoms with Crippen molar-refractivity contribution in [1.29, 1.82) is 0 Å². The molecule has 3 heterocycles. The van der Waals surface area contributed by atoms with Gasteiger partial charge in [0.25, 0.3) is 5.91 Å². The van der Waals surface area contributed by atoms with E-state index in [1.54, 1.807) is 37.4 Å². The number of carbonyl (C=O) groups excluding carboxylic acids is 2. The summed E-state index contributed by atoms with van der Waals surface area (Å²) in [6.45, 7) is 6.25. The van der Waals surface area contributed by atoms with Gasteiger partial charge in [0, 0.05) is 37.8 Å². The monoisotopic (exact) mass is 533 g/mol. The Hall–Kier alpha value is -3.66. The summed E-state index contributed by atoms with van der Waals surface area (Å²) in [7, 11) is 3.37. The number of hydrogen-bond acceptors (Lipinski definition) is 8. The number of methoxy groups -OCH3 is 1. The summed E-state index contributed by atoms with van der Waals surface area (Å²) in [6, 6.07) is 5.78. The summed E-state index contributed by atoms with van der Waals surface area (Å²) in [4.78, 5) is 39.6. The molecule has 1 aliphatic carbocycles. The highest BCUT2D eigenvalue weighted by Crippen LogP contribution is 2.38. The first-order chi connectivity index (χ1) is 19.0. The minimum Gasteiger partial charge on any atom is -0.495 e. The molecule has 1 saturated heterocycles. The number of amides is 2. The molecule has 2 atom stereocenters. The van der Waals surface area contributed by atoms with Crippen molar-refractivity contribution in [3.05, 3.63) is 42.6 Å². The Balaban J connectivity index is 1.40. The molecule has 1 aromatic heterocycles. The third kappa shape index (κ3) is 5.85. The number of piperidine rings is 1. The van der Waals surface area contributed by atoms with Crippen LogP contribution in [0.1, 0.15) is 55.3 Å². The fourth-order valence-electron chi connectivity index (χ4n) is 5.88. The van der Waals surface area contributed by atoms with E-state index in [2.05, 4.69) is 32.4 Å². The normalized spacial score (nSPS) is 21.7. The third-order valence-electron chi connectivity index (χ3n) is 8.04. The zero-order chi connectivity index (χ0) is 27.4. The van der Waals surface area contributed by atoms with E-state index in [1.165, 1.54) is 12.8 Å². The molecule has 2 aliphatic heterocycles. The van der Waals surface area contributed by atoms with Gasteiger partial charge in [0.1, 0.15) is 11.4 Å². The van der Waals surface area contributed by atoms with E-state index in [-0.39, 0.29) is 23.8 Å². The lowest BCUT2D eigenvalue weighted by atomic mass is 10.0. The molecule has 0 bridgehead atoms. The van der Waals surface area contributed by atoms with Gasteiger partial charge < -0.3 is 30.5 Å². The lowest BCUT2D eigenvalue weighted by Gasteiger charge is -2.31. The molecule has 0 radical (unpaired) electrons. The predicted molar refractivity (Wildman–Crippen MR) is 153 cm³/mol. The Morgan fingerprint density at radius 3 is 2.79 bits per heavy atom. The third-order valence-corrected chi connectivity index (χ3v) is 8.04. The van der Waals surface area contributed by atoms with Crippen molar-refractivity contribution in [2.45, 2.75) is 57.0 Å². The number of rotatable bonds is 8. The maximum absolute atomic E-state index is 13.3. The molecule has 208 valence electrons. The molecule has 1 saturated carbocycles. The first-order valence-electron chi connectivity index (χ1n) is 14.0. The van der Waals surface area contributed by atoms with E-state index >= 15 is 0 Å². The SMILES string of the molecule is C=CC[C@H]1CN(C2CCCC2)c2nc(Nc3ccc(C(=O)N[C@H]4CCCNC4)cc3OC)ncc2N(C)C1=O. The van der Waals surface area contributed by atoms with Crippen LogP contribution in [-0.4, -0.2) is 67.7 Å². The average Bonchev–Trinajstić information content (AvgIpc) is 3.47. The van der Waals surface area contributed by atoms with Crippen LogP contribution in [0.5, 0.6) is 5.75 Å². The molecule has 3 aliphatic rings. The van der Waals surface area contributed by atoms with Crippen LogP contribution in [0.15, 0.2) is 37.1 Å². The molecule has 39 heavy (non-hydrogen) atoms. The van der Waals surface area contributed by atoms with Gasteiger partial charge in [0.05, 0.1) is 24.9 Å². The Morgan fingerprint density at radius 2 is 2.08 bits per heavy atom. The molecule has 10 heteroatoms. The summed E-state index contributed by atoms with van der Waals surface area (Å²) < 4.78 is 5.62. The van der Waals surface area contributed by atoms with Gasteiger partial charge in [-0.25, -0.2) is 4.98 Å². The highest BCUT2D eigenvalue weighted by Gasteiger charge is 2.36. The van der Waals surface area contributed by atoms with Crippen LogP contribution in [0.2, 0.25) is 0 Å². The van der Waals surface area contributed by atoms with Gasteiger partial charge in [-0.3, -0.25) is 9.59 Å². The number of carbonyl (C=O) groups is 2. The molecule has 3 N–H and O–H groups in total. The van der Waals surface area contributed by atoms with Gasteiger partial charge in [-0.1, -0.05) is 18.9 Å². The van der Waals surface area contributed by atoms with Crippen LogP contribution in [-0.2, 0) is 4.79 Å². The highest BCUT2D eigenvalue weighted by molar-refractivity contribution is 5.99. The average molecular weight is 534 g/mol. The molecular formula is C29H39N7O3. The molecule has 0 unspecified atom stereocenters. The van der Waals surface area contributed by atoms with E-state index in [0.717, 1.165) is 44.6 Å². The van der Waals surface area contributed by atoms with E-state index in [4.69, 9.17) is 9.72 Å². The van der Waals surface area contributed by atoms with Crippen LogP contribution in [0.4, 0.5) is 23.1 Å². The topological polar surface area (TPSA) is 112 Å². The van der Waals surface area contributed by atoms with Gasteiger partial charge in [-0.2, -0.15) is 4.98 Å². The highest BCUT2D eigenvalue weighted by atomic mass is 16.5. The van der Waals surface area contributed by atoms with Crippen molar-refractivity contribution in [3.8, 4) is 5.75 Å². The second-order valence-corrected chi connectivity index (χ2v) is 10.7. The molecule has 10 nitrogen and oxygen atoms in total. The number of nitrogens with zero attached hydrogens (tertiary/aromatic N) is 4. The molecular weight excluding hydrogens is 494 g/mol. The smallest absolute Gasteiger partial charge is 0.251 e. The number of hydrogen-bond donors (Lipinski definition) is 3. The number of anilines is 4. The fraction of sp³-hybridized carbons (Fsp3) is 0.517. The van der Waals surface area contributed by atoms with Crippen molar-refractivity contribution in [3.63, 3.8) is 0 Å². The van der Waals surface area contributed by atoms with Crippen LogP contribution in [0, 0.1) is 5.92 Å². The summed E-state index contributed by atoms with van der Waals surface area (Å²) in [5.41, 5.74) is 1.90. The Labute approximate surface area is 230 Å². The van der Waals surface area contributed by atoms with Crippen molar-refractivity contribution < 1.29 is 14.3 Å². The first kappa shape index (κ1) is 26.9. The molecule has 2 aromatic rings. The number of ether oxygens (including phenoxy) is 1. The fourth-order valence-corrected chi connectivity index (χ4v) is 5.88. The van der Waals surface area contributed by atoms with Crippen LogP contribution >= 0.6 is 0 Å². The van der Waals surface area contributed by atoms with E-state index in [1.807, 2.05) is 12.1 Å². The molecule has 5 rings (SSSR count). The maximum atomic E-state index is 13.3. The first-order valence-corrected chi connectivity index (χ1v) is 14.0. The summed E-state index contributed by atoms with van der Waals surface area (Å²) in [5, 5.41) is 9.70. The molecule has 0 spiro atoms. The number of nitrogens with one attached hydrogen (secondary N) is 3. The van der Waals surface area contributed by atoms with Crippen molar-refractivity contribution in [2.75, 3.05) is 48.9 Å². The number of allylic oxidation sites excluding steroid dienone is 1. The van der Waals surface area contributed by atoms with Crippen LogP contribution < -0.4 is 30.5 Å². The summed E-state index contributed by atoms with van der Waals surface area (Å²) in [6.07, 6.45) is 10.7. The second kappa shape index (κ2) is 12.0. The lowest BCUT2D eigenvalue weighted by molar-refractivity contribution is -0.121. The van der Waals surface area contributed by atoms with E-state index in [0.29, 0.717) is 47.6 Å². The molecule has 1 aromatic carbocycles. The van der Waals surface area contributed by atoms with Crippen molar-refractivity contribution in [1.82, 2.24) is 20.6 Å².